The van der Waals surface area contributed by atoms with Crippen molar-refractivity contribution < 1.29 is 22.7 Å². The van der Waals surface area contributed by atoms with Crippen LogP contribution in [0.2, 0.25) is 5.02 Å². The number of hydrogen-bond donors (Lipinski definition) is 0. The van der Waals surface area contributed by atoms with Crippen LogP contribution in [-0.2, 0) is 0 Å². The molecule has 0 N–H and O–H groups in total. The maximum Gasteiger partial charge on any atom is 0.573 e. The highest BCUT2D eigenvalue weighted by Gasteiger charge is 2.32. The van der Waals surface area contributed by atoms with Gasteiger partial charge in [-0.05, 0) is 18.2 Å². The topological polar surface area (TPSA) is 26.3 Å². The van der Waals surface area contributed by atoms with E-state index in [0.717, 1.165) is 12.1 Å². The van der Waals surface area contributed by atoms with Crippen molar-refractivity contribution in [3.05, 3.63) is 28.8 Å². The van der Waals surface area contributed by atoms with Gasteiger partial charge in [-0.25, -0.2) is 0 Å². The monoisotopic (exact) mass is 272 g/mol. The van der Waals surface area contributed by atoms with Crippen molar-refractivity contribution in [3.8, 4) is 5.75 Å². The molecule has 0 saturated heterocycles. The lowest BCUT2D eigenvalue weighted by Gasteiger charge is -2.12. The second-order valence-electron chi connectivity index (χ2n) is 2.75. The Kier molecular flexibility index (Phi) is 4.04. The third kappa shape index (κ3) is 3.57. The summed E-state index contributed by atoms with van der Waals surface area (Å²) in [5.41, 5.74) is -0.292. The van der Waals surface area contributed by atoms with Gasteiger partial charge in [0, 0.05) is 5.02 Å². The van der Waals surface area contributed by atoms with E-state index in [1.165, 1.54) is 6.07 Å². The van der Waals surface area contributed by atoms with Crippen LogP contribution in [0, 0.1) is 0 Å². The van der Waals surface area contributed by atoms with Gasteiger partial charge in [0.05, 0.1) is 11.4 Å². The standard InChI is InChI=1S/C9H5Cl2F3O2/c10-4-7(15)6-3-5(11)1-2-8(6)16-9(12,13)14/h1-3H,4H2. The van der Waals surface area contributed by atoms with Gasteiger partial charge in [-0.15, -0.1) is 24.8 Å². The van der Waals surface area contributed by atoms with Crippen molar-refractivity contribution in [2.24, 2.45) is 0 Å². The Morgan fingerprint density at radius 2 is 2.00 bits per heavy atom. The summed E-state index contributed by atoms with van der Waals surface area (Å²) in [7, 11) is 0. The molecule has 88 valence electrons. The molecule has 0 amide bonds. The normalized spacial score (nSPS) is 11.3. The summed E-state index contributed by atoms with van der Waals surface area (Å²) in [6, 6.07) is 3.23. The molecule has 0 saturated carbocycles. The predicted molar refractivity (Wildman–Crippen MR) is 53.2 cm³/mol. The highest BCUT2D eigenvalue weighted by molar-refractivity contribution is 6.33. The Labute approximate surface area is 98.9 Å². The van der Waals surface area contributed by atoms with Crippen molar-refractivity contribution in [3.63, 3.8) is 0 Å². The maximum absolute atomic E-state index is 12.0. The molecule has 0 aliphatic carbocycles. The molecule has 16 heavy (non-hydrogen) atoms. The van der Waals surface area contributed by atoms with Crippen molar-refractivity contribution in [1.29, 1.82) is 0 Å². The smallest absolute Gasteiger partial charge is 0.405 e. The number of hydrogen-bond acceptors (Lipinski definition) is 2. The number of carbonyl (C=O) groups excluding carboxylic acids is 1. The summed E-state index contributed by atoms with van der Waals surface area (Å²) >= 11 is 10.8. The molecule has 1 rings (SSSR count). The first-order chi connectivity index (χ1) is 7.33. The Morgan fingerprint density at radius 1 is 1.38 bits per heavy atom. The molecular weight excluding hydrogens is 268 g/mol. The molecule has 0 aromatic heterocycles. The lowest BCUT2D eigenvalue weighted by Crippen LogP contribution is -2.19. The summed E-state index contributed by atoms with van der Waals surface area (Å²) in [5, 5.41) is 0.128. The zero-order chi connectivity index (χ0) is 12.3. The molecule has 0 radical (unpaired) electrons. The van der Waals surface area contributed by atoms with Crippen LogP contribution in [0.4, 0.5) is 13.2 Å². The number of alkyl halides is 4. The van der Waals surface area contributed by atoms with Crippen LogP contribution in [0.3, 0.4) is 0 Å². The van der Waals surface area contributed by atoms with Crippen LogP contribution in [0.15, 0.2) is 18.2 Å². The minimum absolute atomic E-state index is 0.128. The minimum Gasteiger partial charge on any atom is -0.405 e. The molecule has 1 aromatic carbocycles. The second kappa shape index (κ2) is 4.93. The highest BCUT2D eigenvalue weighted by Crippen LogP contribution is 2.29. The Morgan fingerprint density at radius 3 is 2.50 bits per heavy atom. The number of ether oxygens (including phenoxy) is 1. The fourth-order valence-corrected chi connectivity index (χ4v) is 1.32. The second-order valence-corrected chi connectivity index (χ2v) is 3.45. The van der Waals surface area contributed by atoms with Gasteiger partial charge in [-0.3, -0.25) is 4.79 Å². The number of benzene rings is 1. The molecule has 0 heterocycles. The van der Waals surface area contributed by atoms with Gasteiger partial charge in [0.1, 0.15) is 5.75 Å². The number of rotatable bonds is 3. The van der Waals surface area contributed by atoms with Crippen LogP contribution < -0.4 is 4.74 Å². The van der Waals surface area contributed by atoms with Gasteiger partial charge in [0.25, 0.3) is 0 Å². The van der Waals surface area contributed by atoms with Crippen molar-refractivity contribution in [2.75, 3.05) is 5.88 Å². The fourth-order valence-electron chi connectivity index (χ4n) is 1.01. The summed E-state index contributed by atoms with van der Waals surface area (Å²) in [5.74, 6) is -1.75. The lowest BCUT2D eigenvalue weighted by molar-refractivity contribution is -0.274. The zero-order valence-corrected chi connectivity index (χ0v) is 9.16. The molecular formula is C9H5Cl2F3O2. The average molecular weight is 273 g/mol. The van der Waals surface area contributed by atoms with E-state index in [9.17, 15) is 18.0 Å². The van der Waals surface area contributed by atoms with E-state index >= 15 is 0 Å². The molecule has 0 atom stereocenters. The van der Waals surface area contributed by atoms with Gasteiger partial charge in [-0.2, -0.15) is 0 Å². The Balaban J connectivity index is 3.13. The quantitative estimate of drug-likeness (QED) is 0.620. The molecule has 7 heteroatoms. The fraction of sp³-hybridized carbons (Fsp3) is 0.222. The molecule has 0 bridgehead atoms. The largest absolute Gasteiger partial charge is 0.573 e. The summed E-state index contributed by atoms with van der Waals surface area (Å²) in [6.07, 6.45) is -4.87. The van der Waals surface area contributed by atoms with E-state index in [-0.39, 0.29) is 10.6 Å². The molecule has 0 spiro atoms. The maximum atomic E-state index is 12.0. The van der Waals surface area contributed by atoms with Crippen LogP contribution in [-0.4, -0.2) is 18.0 Å². The summed E-state index contributed by atoms with van der Waals surface area (Å²) in [6.45, 7) is 0. The highest BCUT2D eigenvalue weighted by atomic mass is 35.5. The predicted octanol–water partition coefficient (Wildman–Crippen LogP) is 3.66. The van der Waals surface area contributed by atoms with Crippen LogP contribution in [0.25, 0.3) is 0 Å². The number of ketones is 1. The molecule has 1 aromatic rings. The van der Waals surface area contributed by atoms with Gasteiger partial charge >= 0.3 is 6.36 Å². The zero-order valence-electron chi connectivity index (χ0n) is 7.65. The summed E-state index contributed by atoms with van der Waals surface area (Å²) < 4.78 is 39.6. The van der Waals surface area contributed by atoms with Gasteiger partial charge < -0.3 is 4.74 Å². The number of halogens is 5. The van der Waals surface area contributed by atoms with Crippen molar-refractivity contribution in [1.82, 2.24) is 0 Å². The van der Waals surface area contributed by atoms with E-state index < -0.39 is 23.8 Å². The van der Waals surface area contributed by atoms with E-state index in [2.05, 4.69) is 4.74 Å². The lowest BCUT2D eigenvalue weighted by atomic mass is 10.1. The molecule has 2 nitrogen and oxygen atoms in total. The Bertz CT molecular complexity index is 404. The van der Waals surface area contributed by atoms with E-state index in [1.807, 2.05) is 0 Å². The van der Waals surface area contributed by atoms with E-state index in [1.54, 1.807) is 0 Å². The van der Waals surface area contributed by atoms with E-state index in [0.29, 0.717) is 0 Å². The van der Waals surface area contributed by atoms with Crippen molar-refractivity contribution >= 4 is 29.0 Å². The summed E-state index contributed by atoms with van der Waals surface area (Å²) in [4.78, 5) is 11.2. The van der Waals surface area contributed by atoms with E-state index in [4.69, 9.17) is 23.2 Å². The van der Waals surface area contributed by atoms with Crippen LogP contribution >= 0.6 is 23.2 Å². The first-order valence-corrected chi connectivity index (χ1v) is 4.89. The first kappa shape index (κ1) is 13.1. The van der Waals surface area contributed by atoms with Crippen LogP contribution in [0.5, 0.6) is 5.75 Å². The minimum atomic E-state index is -4.87. The van der Waals surface area contributed by atoms with Gasteiger partial charge in [0.15, 0.2) is 5.78 Å². The third-order valence-corrected chi connectivity index (χ3v) is 2.07. The third-order valence-electron chi connectivity index (χ3n) is 1.59. The Hall–Kier alpha value is -0.940. The molecule has 0 aliphatic heterocycles. The van der Waals surface area contributed by atoms with Gasteiger partial charge in [0.2, 0.25) is 0 Å². The number of carbonyl (C=O) groups is 1. The van der Waals surface area contributed by atoms with Gasteiger partial charge in [-0.1, -0.05) is 11.6 Å². The van der Waals surface area contributed by atoms with Crippen LogP contribution in [0.1, 0.15) is 10.4 Å². The SMILES string of the molecule is O=C(CCl)c1cc(Cl)ccc1OC(F)(F)F. The van der Waals surface area contributed by atoms with Crippen molar-refractivity contribution in [2.45, 2.75) is 6.36 Å². The number of Topliss-reactive ketones (excluding diaryl/α,β-unsaturated/α-hetero) is 1. The molecule has 0 unspecified atom stereocenters. The average Bonchev–Trinajstić information content (AvgIpc) is 2.17. The molecule has 0 aliphatic rings. The molecule has 0 fully saturated rings. The first-order valence-electron chi connectivity index (χ1n) is 3.98.